The molecule has 0 spiro atoms. The molecule has 1 rings (SSSR count). The molecule has 0 aliphatic heterocycles. The van der Waals surface area contributed by atoms with E-state index in [1.807, 2.05) is 0 Å². The van der Waals surface area contributed by atoms with Gasteiger partial charge in [0.25, 0.3) is 0 Å². The van der Waals surface area contributed by atoms with Gasteiger partial charge in [-0.25, -0.2) is 4.79 Å². The van der Waals surface area contributed by atoms with E-state index in [9.17, 15) is 14.4 Å². The van der Waals surface area contributed by atoms with Gasteiger partial charge in [0.15, 0.2) is 0 Å². The second-order valence-corrected chi connectivity index (χ2v) is 7.52. The number of carbonyl (C=O) groups excluding carboxylic acids is 3. The molecule has 8 heteroatoms. The number of aliphatic hydroxyl groups is 1. The number of carbonyl (C=O) groups is 3. The van der Waals surface area contributed by atoms with Crippen molar-refractivity contribution in [2.24, 2.45) is 0 Å². The van der Waals surface area contributed by atoms with Gasteiger partial charge >= 0.3 is 6.09 Å². The zero-order valence-electron chi connectivity index (χ0n) is 17.0. The predicted octanol–water partition coefficient (Wildman–Crippen LogP) is 2.32. The van der Waals surface area contributed by atoms with E-state index in [4.69, 9.17) is 9.84 Å². The molecule has 0 fully saturated rings. The van der Waals surface area contributed by atoms with Crippen LogP contribution in [0.3, 0.4) is 0 Å². The van der Waals surface area contributed by atoms with Gasteiger partial charge < -0.3 is 25.8 Å². The first-order chi connectivity index (χ1) is 13.1. The second kappa shape index (κ2) is 11.3. The minimum absolute atomic E-state index is 0.0694. The summed E-state index contributed by atoms with van der Waals surface area (Å²) < 4.78 is 5.15. The average Bonchev–Trinajstić information content (AvgIpc) is 2.59. The molecule has 156 valence electrons. The number of hydrogen-bond acceptors (Lipinski definition) is 5. The zero-order valence-corrected chi connectivity index (χ0v) is 17.0. The van der Waals surface area contributed by atoms with E-state index in [1.54, 1.807) is 45.0 Å². The van der Waals surface area contributed by atoms with Gasteiger partial charge in [-0.3, -0.25) is 9.59 Å². The summed E-state index contributed by atoms with van der Waals surface area (Å²) in [6, 6.07) is 6.14. The van der Waals surface area contributed by atoms with Crippen molar-refractivity contribution >= 4 is 23.6 Å². The number of ether oxygens (including phenoxy) is 1. The van der Waals surface area contributed by atoms with Crippen LogP contribution in [0.1, 0.15) is 52.5 Å². The highest BCUT2D eigenvalue weighted by Crippen LogP contribution is 2.11. The van der Waals surface area contributed by atoms with Crippen LogP contribution in [0.25, 0.3) is 0 Å². The Morgan fingerprint density at radius 3 is 2.29 bits per heavy atom. The van der Waals surface area contributed by atoms with Crippen LogP contribution in [0.4, 0.5) is 10.5 Å². The fraction of sp³-hybridized carbons (Fsp3) is 0.550. The molecule has 8 nitrogen and oxygen atoms in total. The smallest absolute Gasteiger partial charge is 0.407 e. The third-order valence-corrected chi connectivity index (χ3v) is 3.69. The van der Waals surface area contributed by atoms with Gasteiger partial charge in [-0.15, -0.1) is 0 Å². The molecule has 0 heterocycles. The molecular formula is C20H31N3O5. The molecule has 0 aliphatic carbocycles. The molecule has 4 N–H and O–H groups in total. The first-order valence-corrected chi connectivity index (χ1v) is 9.35. The summed E-state index contributed by atoms with van der Waals surface area (Å²) >= 11 is 0. The second-order valence-electron chi connectivity index (χ2n) is 7.52. The number of hydrogen-bond donors (Lipinski definition) is 4. The molecular weight excluding hydrogens is 362 g/mol. The first kappa shape index (κ1) is 23.4. The Kier molecular flexibility index (Phi) is 9.44. The van der Waals surface area contributed by atoms with Gasteiger partial charge in [0.2, 0.25) is 11.8 Å². The lowest BCUT2D eigenvalue weighted by Crippen LogP contribution is -2.43. The molecule has 1 aromatic rings. The lowest BCUT2D eigenvalue weighted by Gasteiger charge is -2.20. The minimum atomic E-state index is -0.670. The van der Waals surface area contributed by atoms with Crippen LogP contribution in [0.15, 0.2) is 24.3 Å². The van der Waals surface area contributed by atoms with Gasteiger partial charge in [0.05, 0.1) is 6.61 Å². The summed E-state index contributed by atoms with van der Waals surface area (Å²) in [5.41, 5.74) is 0.784. The number of nitrogens with one attached hydrogen (secondary N) is 3. The highest BCUT2D eigenvalue weighted by molar-refractivity contribution is 5.96. The van der Waals surface area contributed by atoms with Crippen molar-refractivity contribution in [3.63, 3.8) is 0 Å². The van der Waals surface area contributed by atoms with Crippen molar-refractivity contribution in [3.8, 4) is 0 Å². The maximum Gasteiger partial charge on any atom is 0.407 e. The van der Waals surface area contributed by atoms with Crippen molar-refractivity contribution in [1.29, 1.82) is 0 Å². The number of alkyl carbamates (subject to hydrolysis) is 1. The fourth-order valence-corrected chi connectivity index (χ4v) is 2.42. The molecule has 0 saturated heterocycles. The molecule has 1 atom stereocenters. The predicted molar refractivity (Wildman–Crippen MR) is 107 cm³/mol. The molecule has 0 aliphatic rings. The van der Waals surface area contributed by atoms with Gasteiger partial charge in [-0.2, -0.15) is 0 Å². The van der Waals surface area contributed by atoms with Gasteiger partial charge in [-0.1, -0.05) is 12.1 Å². The van der Waals surface area contributed by atoms with E-state index < -0.39 is 17.7 Å². The number of benzene rings is 1. The molecule has 3 amide bonds. The topological polar surface area (TPSA) is 117 Å². The van der Waals surface area contributed by atoms with E-state index in [-0.39, 0.29) is 18.4 Å². The highest BCUT2D eigenvalue weighted by atomic mass is 16.6. The fourth-order valence-electron chi connectivity index (χ4n) is 2.42. The summed E-state index contributed by atoms with van der Waals surface area (Å²) in [5.74, 6) is -0.602. The normalized spacial score (nSPS) is 12.0. The Hall–Kier alpha value is -2.61. The van der Waals surface area contributed by atoms with Crippen molar-refractivity contribution in [2.75, 3.05) is 11.9 Å². The SMILES string of the molecule is CC(=O)N[C@@H](CCCCNC(=O)OC(C)(C)C)C(=O)Nc1ccc(CO)cc1. The Labute approximate surface area is 166 Å². The quantitative estimate of drug-likeness (QED) is 0.481. The summed E-state index contributed by atoms with van der Waals surface area (Å²) in [6.07, 6.45) is 1.25. The van der Waals surface area contributed by atoms with Gasteiger partial charge in [0.1, 0.15) is 11.6 Å². The molecule has 0 saturated carbocycles. The standard InChI is InChI=1S/C20H31N3O5/c1-14(25)22-17(7-5-6-12-21-19(27)28-20(2,3)4)18(26)23-16-10-8-15(13-24)9-11-16/h8-11,17,24H,5-7,12-13H2,1-4H3,(H,21,27)(H,22,25)(H,23,26)/t17-/m0/s1. The van der Waals surface area contributed by atoms with Crippen LogP contribution in [0.2, 0.25) is 0 Å². The molecule has 0 bridgehead atoms. The Morgan fingerprint density at radius 1 is 1.11 bits per heavy atom. The lowest BCUT2D eigenvalue weighted by atomic mass is 10.1. The minimum Gasteiger partial charge on any atom is -0.444 e. The largest absolute Gasteiger partial charge is 0.444 e. The summed E-state index contributed by atoms with van der Waals surface area (Å²) in [4.78, 5) is 35.5. The number of aliphatic hydroxyl groups excluding tert-OH is 1. The number of unbranched alkanes of at least 4 members (excludes halogenated alkanes) is 1. The molecule has 28 heavy (non-hydrogen) atoms. The van der Waals surface area contributed by atoms with Crippen LogP contribution >= 0.6 is 0 Å². The third kappa shape index (κ3) is 9.91. The molecule has 0 aromatic heterocycles. The van der Waals surface area contributed by atoms with Gasteiger partial charge in [0, 0.05) is 19.2 Å². The van der Waals surface area contributed by atoms with E-state index in [0.717, 1.165) is 5.56 Å². The lowest BCUT2D eigenvalue weighted by molar-refractivity contribution is -0.125. The maximum atomic E-state index is 12.5. The number of rotatable bonds is 9. The van der Waals surface area contributed by atoms with Crippen LogP contribution in [-0.4, -0.2) is 41.2 Å². The Morgan fingerprint density at radius 2 is 1.75 bits per heavy atom. The van der Waals surface area contributed by atoms with Crippen LogP contribution in [0.5, 0.6) is 0 Å². The van der Waals surface area contributed by atoms with E-state index in [1.165, 1.54) is 6.92 Å². The maximum absolute atomic E-state index is 12.5. The van der Waals surface area contributed by atoms with Crippen molar-refractivity contribution in [2.45, 2.75) is 65.2 Å². The number of anilines is 1. The van der Waals surface area contributed by atoms with Crippen molar-refractivity contribution in [3.05, 3.63) is 29.8 Å². The summed E-state index contributed by atoms with van der Waals surface area (Å²) in [5, 5.41) is 17.1. The Balaban J connectivity index is 2.45. The van der Waals surface area contributed by atoms with E-state index in [2.05, 4.69) is 16.0 Å². The van der Waals surface area contributed by atoms with Crippen LogP contribution in [0, 0.1) is 0 Å². The van der Waals surface area contributed by atoms with Crippen LogP contribution < -0.4 is 16.0 Å². The van der Waals surface area contributed by atoms with Crippen molar-refractivity contribution < 1.29 is 24.2 Å². The van der Waals surface area contributed by atoms with E-state index >= 15 is 0 Å². The monoisotopic (exact) mass is 393 g/mol. The average molecular weight is 393 g/mol. The summed E-state index contributed by atoms with van der Waals surface area (Å²) in [6.45, 7) is 7.09. The number of amides is 3. The zero-order chi connectivity index (χ0) is 21.2. The Bertz CT molecular complexity index is 653. The van der Waals surface area contributed by atoms with Crippen LogP contribution in [-0.2, 0) is 20.9 Å². The first-order valence-electron chi connectivity index (χ1n) is 9.35. The summed E-state index contributed by atoms with van der Waals surface area (Å²) in [7, 11) is 0. The highest BCUT2D eigenvalue weighted by Gasteiger charge is 2.19. The van der Waals surface area contributed by atoms with E-state index in [0.29, 0.717) is 31.5 Å². The molecule has 1 aromatic carbocycles. The van der Waals surface area contributed by atoms with Gasteiger partial charge in [-0.05, 0) is 57.7 Å². The van der Waals surface area contributed by atoms with Crippen molar-refractivity contribution in [1.82, 2.24) is 10.6 Å². The molecule has 0 radical (unpaired) electrons. The third-order valence-electron chi connectivity index (χ3n) is 3.69. The molecule has 0 unspecified atom stereocenters.